The molecule has 0 amide bonds. The summed E-state index contributed by atoms with van der Waals surface area (Å²) < 4.78 is 59.9. The van der Waals surface area contributed by atoms with E-state index in [0.29, 0.717) is 102 Å². The van der Waals surface area contributed by atoms with Crippen molar-refractivity contribution < 1.29 is 57.0 Å². The van der Waals surface area contributed by atoms with Gasteiger partial charge in [0.2, 0.25) is 0 Å². The van der Waals surface area contributed by atoms with Crippen molar-refractivity contribution in [2.45, 2.75) is 51.0 Å². The van der Waals surface area contributed by atoms with Crippen LogP contribution in [-0.4, -0.2) is 111 Å². The van der Waals surface area contributed by atoms with E-state index in [9.17, 15) is 9.59 Å². The number of fused-ring (bicyclic) bond motifs is 2. The first-order chi connectivity index (χ1) is 29.5. The molecule has 0 aromatic heterocycles. The maximum atomic E-state index is 12.8. The third-order valence-electron chi connectivity index (χ3n) is 10.8. The number of carbonyl (C=O) groups is 2. The Morgan fingerprint density at radius 2 is 0.983 bits per heavy atom. The zero-order valence-electron chi connectivity index (χ0n) is 34.3. The zero-order valence-corrected chi connectivity index (χ0v) is 34.3. The van der Waals surface area contributed by atoms with Crippen LogP contribution in [0.4, 0.5) is 0 Å². The molecule has 1 saturated carbocycles. The average molecular weight is 825 g/mol. The molecule has 2 aliphatic carbocycles. The number of hydrogen-bond donors (Lipinski definition) is 0. The van der Waals surface area contributed by atoms with Crippen molar-refractivity contribution in [1.29, 1.82) is 0 Å². The van der Waals surface area contributed by atoms with E-state index in [1.807, 2.05) is 42.5 Å². The predicted octanol–water partition coefficient (Wildman–Crippen LogP) is 5.34. The van der Waals surface area contributed by atoms with Crippen molar-refractivity contribution >= 4 is 11.9 Å². The van der Waals surface area contributed by atoms with Crippen molar-refractivity contribution in [3.63, 3.8) is 0 Å². The van der Waals surface area contributed by atoms with Gasteiger partial charge in [-0.25, -0.2) is 9.59 Å². The van der Waals surface area contributed by atoms with Gasteiger partial charge in [0, 0.05) is 12.8 Å². The number of ether oxygens (including phenoxy) is 10. The highest BCUT2D eigenvalue weighted by Gasteiger charge is 2.36. The van der Waals surface area contributed by atoms with E-state index in [1.165, 1.54) is 0 Å². The SMILES string of the molecule is C#CCOC(=O)COc1c2cccc1CC1CCC[C@@H]3Cc4cccc(c4OCC(=O)OCC#C)Cc4cccc(c4OCCOCCOCCOCCOCCOC13)C2. The molecule has 2 unspecified atom stereocenters. The van der Waals surface area contributed by atoms with Gasteiger partial charge in [-0.1, -0.05) is 72.9 Å². The number of benzene rings is 3. The number of hydrogen-bond acceptors (Lipinski definition) is 12. The molecule has 0 saturated heterocycles. The summed E-state index contributed by atoms with van der Waals surface area (Å²) in [7, 11) is 0. The summed E-state index contributed by atoms with van der Waals surface area (Å²) in [6.45, 7) is 3.19. The maximum Gasteiger partial charge on any atom is 0.345 e. The van der Waals surface area contributed by atoms with Crippen LogP contribution in [0.5, 0.6) is 17.2 Å². The molecule has 0 radical (unpaired) electrons. The van der Waals surface area contributed by atoms with Gasteiger partial charge in [0.15, 0.2) is 26.4 Å². The summed E-state index contributed by atoms with van der Waals surface area (Å²) in [5.74, 6) is 5.78. The lowest BCUT2D eigenvalue weighted by Gasteiger charge is -2.39. The quantitative estimate of drug-likeness (QED) is 0.215. The molecular formula is C48H56O12. The van der Waals surface area contributed by atoms with Crippen molar-refractivity contribution in [2.24, 2.45) is 11.8 Å². The third kappa shape index (κ3) is 13.2. The Labute approximate surface area is 353 Å². The highest BCUT2D eigenvalue weighted by atomic mass is 16.6. The molecule has 320 valence electrons. The predicted molar refractivity (Wildman–Crippen MR) is 222 cm³/mol. The van der Waals surface area contributed by atoms with Crippen molar-refractivity contribution in [2.75, 3.05) is 92.5 Å². The fourth-order valence-electron chi connectivity index (χ4n) is 8.19. The maximum absolute atomic E-state index is 12.8. The summed E-state index contributed by atoms with van der Waals surface area (Å²) in [6, 6.07) is 18.3. The standard InChI is InChI=1S/C48H56O12/c1-3-17-55-43(49)33-59-47-39-13-7-14-40(47)30-36-10-6-12-38-32-42-16-8-15-41(48(42)60-34-44(50)56-18-4-2)31-37-11-5-9-35(29-39)45(37)57-27-25-53-23-21-51-19-20-52-22-24-54-26-28-58-46(36)38/h1-2,5,7-9,11,13-16,36,38,46H,6,10,12,17-34H2/t36-,38?,46?/m1/s1. The first-order valence-corrected chi connectivity index (χ1v) is 20.9. The van der Waals surface area contributed by atoms with Crippen LogP contribution in [0.2, 0.25) is 0 Å². The zero-order chi connectivity index (χ0) is 41.8. The number of rotatable bonds is 8. The van der Waals surface area contributed by atoms with Crippen molar-refractivity contribution in [3.05, 3.63) is 88.0 Å². The Kier molecular flexibility index (Phi) is 18.0. The van der Waals surface area contributed by atoms with E-state index < -0.39 is 11.9 Å². The Hall–Kier alpha value is -5.08. The molecular weight excluding hydrogens is 769 g/mol. The van der Waals surface area contributed by atoms with Gasteiger partial charge in [-0.2, -0.15) is 0 Å². The van der Waals surface area contributed by atoms with Gasteiger partial charge in [0.25, 0.3) is 0 Å². The van der Waals surface area contributed by atoms with Gasteiger partial charge in [0.05, 0.1) is 65.6 Å². The van der Waals surface area contributed by atoms with Crippen LogP contribution in [0.15, 0.2) is 54.6 Å². The first kappa shape index (κ1) is 44.5. The molecule has 1 heterocycles. The monoisotopic (exact) mass is 824 g/mol. The minimum absolute atomic E-state index is 0.106. The molecule has 1 aliphatic heterocycles. The molecule has 10 bridgehead atoms. The van der Waals surface area contributed by atoms with Crippen molar-refractivity contribution in [3.8, 4) is 41.9 Å². The van der Waals surface area contributed by atoms with Gasteiger partial charge in [0.1, 0.15) is 23.9 Å². The van der Waals surface area contributed by atoms with E-state index in [0.717, 1.165) is 52.6 Å². The number of carbonyl (C=O) groups excluding carboxylic acids is 2. The van der Waals surface area contributed by atoms with Gasteiger partial charge in [-0.15, -0.1) is 12.8 Å². The van der Waals surface area contributed by atoms with E-state index >= 15 is 0 Å². The second-order valence-electron chi connectivity index (χ2n) is 14.9. The minimum Gasteiger partial charge on any atom is -0.491 e. The Morgan fingerprint density at radius 3 is 1.45 bits per heavy atom. The van der Waals surface area contributed by atoms with E-state index in [2.05, 4.69) is 24.0 Å². The Bertz CT molecular complexity index is 1810. The van der Waals surface area contributed by atoms with Crippen LogP contribution in [0, 0.1) is 36.5 Å². The molecule has 3 aromatic rings. The lowest BCUT2D eigenvalue weighted by Crippen LogP contribution is -2.39. The summed E-state index contributed by atoms with van der Waals surface area (Å²) in [5, 5.41) is 0. The Morgan fingerprint density at radius 1 is 0.567 bits per heavy atom. The lowest BCUT2D eigenvalue weighted by atomic mass is 9.73. The number of para-hydroxylation sites is 3. The van der Waals surface area contributed by atoms with Gasteiger partial charge in [-0.05, 0) is 70.9 Å². The second-order valence-corrected chi connectivity index (χ2v) is 14.9. The lowest BCUT2D eigenvalue weighted by molar-refractivity contribution is -0.145. The number of esters is 2. The van der Waals surface area contributed by atoms with E-state index in [1.54, 1.807) is 0 Å². The highest BCUT2D eigenvalue weighted by molar-refractivity contribution is 5.72. The molecule has 12 nitrogen and oxygen atoms in total. The second kappa shape index (κ2) is 24.2. The molecule has 12 heteroatoms. The smallest absolute Gasteiger partial charge is 0.345 e. The average Bonchev–Trinajstić information content (AvgIpc) is 3.25. The van der Waals surface area contributed by atoms with Crippen molar-refractivity contribution in [1.82, 2.24) is 0 Å². The molecule has 60 heavy (non-hydrogen) atoms. The topological polar surface area (TPSA) is 126 Å². The van der Waals surface area contributed by atoms with Crippen LogP contribution in [-0.2, 0) is 68.4 Å². The molecule has 1 fully saturated rings. The first-order valence-electron chi connectivity index (χ1n) is 20.9. The molecule has 0 N–H and O–H groups in total. The Balaban J connectivity index is 1.45. The highest BCUT2D eigenvalue weighted by Crippen LogP contribution is 2.42. The summed E-state index contributed by atoms with van der Waals surface area (Å²) in [5.41, 5.74) is 5.55. The molecule has 6 rings (SSSR count). The van der Waals surface area contributed by atoms with Gasteiger partial charge < -0.3 is 47.4 Å². The van der Waals surface area contributed by atoms with Crippen LogP contribution < -0.4 is 14.2 Å². The summed E-state index contributed by atoms with van der Waals surface area (Å²) >= 11 is 0. The van der Waals surface area contributed by atoms with E-state index in [-0.39, 0.29) is 51.0 Å². The van der Waals surface area contributed by atoms with Gasteiger partial charge >= 0.3 is 11.9 Å². The van der Waals surface area contributed by atoms with Crippen LogP contribution in [0.1, 0.15) is 52.6 Å². The molecule has 0 spiro atoms. The minimum atomic E-state index is -0.546. The third-order valence-corrected chi connectivity index (χ3v) is 10.8. The fourth-order valence-corrected chi connectivity index (χ4v) is 8.19. The normalized spacial score (nSPS) is 20.5. The fraction of sp³-hybridized carbons (Fsp3) is 0.500. The number of terminal acetylenes is 2. The van der Waals surface area contributed by atoms with Crippen LogP contribution >= 0.6 is 0 Å². The van der Waals surface area contributed by atoms with Crippen LogP contribution in [0.25, 0.3) is 0 Å². The molecule has 3 aliphatic rings. The largest absolute Gasteiger partial charge is 0.491 e. The molecule has 3 atom stereocenters. The molecule has 3 aromatic carbocycles. The summed E-state index contributed by atoms with van der Waals surface area (Å²) in [6.07, 6.45) is 15.6. The summed E-state index contributed by atoms with van der Waals surface area (Å²) in [4.78, 5) is 25.5. The van der Waals surface area contributed by atoms with Crippen LogP contribution in [0.3, 0.4) is 0 Å². The van der Waals surface area contributed by atoms with Gasteiger partial charge in [-0.3, -0.25) is 0 Å². The van der Waals surface area contributed by atoms with E-state index in [4.69, 9.17) is 60.2 Å².